The summed E-state index contributed by atoms with van der Waals surface area (Å²) in [4.78, 5) is 12.0. The van der Waals surface area contributed by atoms with Gasteiger partial charge in [-0.3, -0.25) is 4.79 Å². The standard InChI is InChI=1S/C13H8BrF2NO/c14-8-2-3-9(10(15)6-8)13(18)7-1-4-12(17)11(16)5-7/h1-6H,17H2. The zero-order valence-corrected chi connectivity index (χ0v) is 10.7. The fourth-order valence-electron chi connectivity index (χ4n) is 1.50. The summed E-state index contributed by atoms with van der Waals surface area (Å²) >= 11 is 3.09. The molecule has 0 unspecified atom stereocenters. The molecule has 5 heteroatoms. The molecule has 2 aromatic carbocycles. The molecule has 2 nitrogen and oxygen atoms in total. The van der Waals surface area contributed by atoms with Crippen molar-refractivity contribution in [2.75, 3.05) is 5.73 Å². The first kappa shape index (κ1) is 12.7. The highest BCUT2D eigenvalue weighted by Gasteiger charge is 2.15. The van der Waals surface area contributed by atoms with E-state index in [0.29, 0.717) is 4.47 Å². The number of anilines is 1. The van der Waals surface area contributed by atoms with Crippen LogP contribution in [-0.4, -0.2) is 5.78 Å². The Hall–Kier alpha value is -1.75. The topological polar surface area (TPSA) is 43.1 Å². The van der Waals surface area contributed by atoms with Crippen LogP contribution in [0.3, 0.4) is 0 Å². The summed E-state index contributed by atoms with van der Waals surface area (Å²) in [6.45, 7) is 0. The number of nitrogen functional groups attached to an aromatic ring is 1. The smallest absolute Gasteiger partial charge is 0.196 e. The molecule has 0 aliphatic rings. The molecule has 2 aromatic rings. The van der Waals surface area contributed by atoms with E-state index in [9.17, 15) is 13.6 Å². The van der Waals surface area contributed by atoms with Crippen LogP contribution in [0.1, 0.15) is 15.9 Å². The molecule has 0 spiro atoms. The van der Waals surface area contributed by atoms with Gasteiger partial charge in [0, 0.05) is 10.0 Å². The lowest BCUT2D eigenvalue weighted by Gasteiger charge is -2.04. The Labute approximate surface area is 111 Å². The first-order valence-electron chi connectivity index (χ1n) is 5.04. The average molecular weight is 312 g/mol. The van der Waals surface area contributed by atoms with Gasteiger partial charge in [0.25, 0.3) is 0 Å². The SMILES string of the molecule is Nc1ccc(C(=O)c2ccc(Br)cc2F)cc1F. The number of carbonyl (C=O) groups excluding carboxylic acids is 1. The predicted molar refractivity (Wildman–Crippen MR) is 68.3 cm³/mol. The lowest BCUT2D eigenvalue weighted by atomic mass is 10.0. The molecule has 0 aromatic heterocycles. The summed E-state index contributed by atoms with van der Waals surface area (Å²) in [5.41, 5.74) is 5.21. The molecule has 2 rings (SSSR count). The zero-order chi connectivity index (χ0) is 13.3. The Kier molecular flexibility index (Phi) is 3.43. The molecule has 0 aliphatic heterocycles. The largest absolute Gasteiger partial charge is 0.396 e. The van der Waals surface area contributed by atoms with E-state index in [-0.39, 0.29) is 16.8 Å². The van der Waals surface area contributed by atoms with Gasteiger partial charge in [0.1, 0.15) is 11.6 Å². The van der Waals surface area contributed by atoms with Crippen LogP contribution in [0, 0.1) is 11.6 Å². The number of rotatable bonds is 2. The van der Waals surface area contributed by atoms with Gasteiger partial charge in [0.15, 0.2) is 5.78 Å². The van der Waals surface area contributed by atoms with Crippen molar-refractivity contribution < 1.29 is 13.6 Å². The average Bonchev–Trinajstić information content (AvgIpc) is 2.32. The van der Waals surface area contributed by atoms with Crippen molar-refractivity contribution in [3.05, 3.63) is 63.6 Å². The summed E-state index contributed by atoms with van der Waals surface area (Å²) in [7, 11) is 0. The summed E-state index contributed by atoms with van der Waals surface area (Å²) in [6.07, 6.45) is 0. The molecule has 92 valence electrons. The molecule has 0 saturated carbocycles. The number of halogens is 3. The van der Waals surface area contributed by atoms with Gasteiger partial charge in [-0.1, -0.05) is 15.9 Å². The van der Waals surface area contributed by atoms with E-state index in [0.717, 1.165) is 6.07 Å². The molecule has 0 heterocycles. The highest BCUT2D eigenvalue weighted by atomic mass is 79.9. The van der Waals surface area contributed by atoms with Crippen molar-refractivity contribution in [2.45, 2.75) is 0 Å². The molecule has 0 fully saturated rings. The molecule has 0 bridgehead atoms. The molecule has 2 N–H and O–H groups in total. The van der Waals surface area contributed by atoms with Gasteiger partial charge in [-0.2, -0.15) is 0 Å². The van der Waals surface area contributed by atoms with Crippen LogP contribution in [0.5, 0.6) is 0 Å². The molecule has 0 amide bonds. The van der Waals surface area contributed by atoms with Crippen LogP contribution in [0.15, 0.2) is 40.9 Å². The fraction of sp³-hybridized carbons (Fsp3) is 0. The van der Waals surface area contributed by atoms with Crippen LogP contribution >= 0.6 is 15.9 Å². The maximum Gasteiger partial charge on any atom is 0.196 e. The predicted octanol–water partition coefficient (Wildman–Crippen LogP) is 3.54. The maximum absolute atomic E-state index is 13.6. The Morgan fingerprint density at radius 2 is 1.78 bits per heavy atom. The Morgan fingerprint density at radius 3 is 2.39 bits per heavy atom. The number of hydrogen-bond acceptors (Lipinski definition) is 2. The molecule has 0 atom stereocenters. The number of nitrogens with two attached hydrogens (primary N) is 1. The number of benzene rings is 2. The second-order valence-electron chi connectivity index (χ2n) is 3.69. The lowest BCUT2D eigenvalue weighted by Crippen LogP contribution is -2.05. The van der Waals surface area contributed by atoms with E-state index in [1.165, 1.54) is 24.3 Å². The van der Waals surface area contributed by atoms with Gasteiger partial charge in [0.05, 0.1) is 11.3 Å². The van der Waals surface area contributed by atoms with E-state index in [1.54, 1.807) is 6.07 Å². The van der Waals surface area contributed by atoms with E-state index >= 15 is 0 Å². The van der Waals surface area contributed by atoms with Crippen molar-refractivity contribution >= 4 is 27.4 Å². The van der Waals surface area contributed by atoms with Gasteiger partial charge in [-0.25, -0.2) is 8.78 Å². The summed E-state index contributed by atoms with van der Waals surface area (Å²) < 4.78 is 27.4. The fourth-order valence-corrected chi connectivity index (χ4v) is 1.83. The Balaban J connectivity index is 2.44. The van der Waals surface area contributed by atoms with Crippen molar-refractivity contribution in [2.24, 2.45) is 0 Å². The highest BCUT2D eigenvalue weighted by Crippen LogP contribution is 2.20. The van der Waals surface area contributed by atoms with Gasteiger partial charge in [-0.15, -0.1) is 0 Å². The molecule has 0 radical (unpaired) electrons. The third-order valence-corrected chi connectivity index (χ3v) is 2.93. The van der Waals surface area contributed by atoms with Gasteiger partial charge >= 0.3 is 0 Å². The third-order valence-electron chi connectivity index (χ3n) is 2.44. The molecule has 0 saturated heterocycles. The van der Waals surface area contributed by atoms with E-state index in [4.69, 9.17) is 5.73 Å². The number of ketones is 1. The quantitative estimate of drug-likeness (QED) is 0.681. The normalized spacial score (nSPS) is 10.4. The molecule has 18 heavy (non-hydrogen) atoms. The Morgan fingerprint density at radius 1 is 1.06 bits per heavy atom. The van der Waals surface area contributed by atoms with Crippen LogP contribution in [0.4, 0.5) is 14.5 Å². The van der Waals surface area contributed by atoms with Crippen molar-refractivity contribution in [3.8, 4) is 0 Å². The number of hydrogen-bond donors (Lipinski definition) is 1. The van der Waals surface area contributed by atoms with Crippen LogP contribution in [0.2, 0.25) is 0 Å². The zero-order valence-electron chi connectivity index (χ0n) is 9.08. The van der Waals surface area contributed by atoms with Gasteiger partial charge in [-0.05, 0) is 36.4 Å². The highest BCUT2D eigenvalue weighted by molar-refractivity contribution is 9.10. The summed E-state index contributed by atoms with van der Waals surface area (Å²) in [6, 6.07) is 7.71. The monoisotopic (exact) mass is 311 g/mol. The second kappa shape index (κ2) is 4.86. The third kappa shape index (κ3) is 2.41. The van der Waals surface area contributed by atoms with E-state index in [2.05, 4.69) is 15.9 Å². The molecular weight excluding hydrogens is 304 g/mol. The molecular formula is C13H8BrF2NO. The van der Waals surface area contributed by atoms with Crippen LogP contribution in [0.25, 0.3) is 0 Å². The van der Waals surface area contributed by atoms with E-state index < -0.39 is 17.4 Å². The van der Waals surface area contributed by atoms with Crippen molar-refractivity contribution in [1.82, 2.24) is 0 Å². The summed E-state index contributed by atoms with van der Waals surface area (Å²) in [5.74, 6) is -1.94. The first-order valence-corrected chi connectivity index (χ1v) is 5.83. The minimum Gasteiger partial charge on any atom is -0.396 e. The minimum absolute atomic E-state index is 0.0529. The number of carbonyl (C=O) groups is 1. The first-order chi connectivity index (χ1) is 8.49. The molecule has 0 aliphatic carbocycles. The second-order valence-corrected chi connectivity index (χ2v) is 4.61. The van der Waals surface area contributed by atoms with Crippen LogP contribution < -0.4 is 5.73 Å². The lowest BCUT2D eigenvalue weighted by molar-refractivity contribution is 0.103. The minimum atomic E-state index is -0.696. The maximum atomic E-state index is 13.6. The van der Waals surface area contributed by atoms with Gasteiger partial charge in [0.2, 0.25) is 0 Å². The van der Waals surface area contributed by atoms with Crippen LogP contribution in [-0.2, 0) is 0 Å². The van der Waals surface area contributed by atoms with E-state index in [1.807, 2.05) is 0 Å². The summed E-state index contributed by atoms with van der Waals surface area (Å²) in [5, 5.41) is 0. The van der Waals surface area contributed by atoms with Crippen molar-refractivity contribution in [3.63, 3.8) is 0 Å². The Bertz CT molecular complexity index is 628. The van der Waals surface area contributed by atoms with Gasteiger partial charge < -0.3 is 5.73 Å². The van der Waals surface area contributed by atoms with Crippen molar-refractivity contribution in [1.29, 1.82) is 0 Å².